The SMILES string of the molecule is FC([18F])c1ccc(-n2cccn2)cc1. The van der Waals surface area contributed by atoms with Gasteiger partial charge in [0.2, 0.25) is 0 Å². The summed E-state index contributed by atoms with van der Waals surface area (Å²) in [6.07, 6.45) is 0.986. The Morgan fingerprint density at radius 1 is 1.14 bits per heavy atom. The molecule has 0 saturated carbocycles. The van der Waals surface area contributed by atoms with E-state index in [1.807, 2.05) is 0 Å². The first kappa shape index (κ1) is 8.87. The molecule has 14 heavy (non-hydrogen) atoms. The molecule has 0 saturated heterocycles. The standard InChI is InChI=1S/C10H8F2N2/c11-10(12)8-2-4-9(5-3-8)14-7-1-6-13-14/h1-7,10H/i11-1. The number of hydrogen-bond donors (Lipinski definition) is 0. The summed E-state index contributed by atoms with van der Waals surface area (Å²) in [7, 11) is 0. The molecule has 0 N–H and O–H groups in total. The van der Waals surface area contributed by atoms with Gasteiger partial charge in [0.05, 0.1) is 5.69 Å². The molecule has 4 heteroatoms. The van der Waals surface area contributed by atoms with Crippen LogP contribution in [0.15, 0.2) is 42.7 Å². The maximum atomic E-state index is 12.2. The van der Waals surface area contributed by atoms with Gasteiger partial charge in [-0.1, -0.05) is 12.1 Å². The van der Waals surface area contributed by atoms with E-state index < -0.39 is 6.43 Å². The van der Waals surface area contributed by atoms with Gasteiger partial charge in [-0.05, 0) is 18.2 Å². The minimum Gasteiger partial charge on any atom is -0.241 e. The van der Waals surface area contributed by atoms with Crippen molar-refractivity contribution in [2.75, 3.05) is 0 Å². The van der Waals surface area contributed by atoms with Gasteiger partial charge in [0.25, 0.3) is 6.43 Å². The highest BCUT2D eigenvalue weighted by molar-refractivity contribution is 5.34. The van der Waals surface area contributed by atoms with E-state index in [1.165, 1.54) is 12.1 Å². The zero-order valence-electron chi connectivity index (χ0n) is 7.27. The van der Waals surface area contributed by atoms with Gasteiger partial charge in [0.1, 0.15) is 0 Å². The lowest BCUT2D eigenvalue weighted by atomic mass is 10.2. The summed E-state index contributed by atoms with van der Waals surface area (Å²) in [6.45, 7) is 0. The molecule has 2 rings (SSSR count). The number of halogens is 2. The van der Waals surface area contributed by atoms with Crippen LogP contribution in [0.4, 0.5) is 8.78 Å². The zero-order chi connectivity index (χ0) is 9.97. The molecular weight excluding hydrogens is 185 g/mol. The molecule has 0 spiro atoms. The molecule has 2 nitrogen and oxygen atoms in total. The van der Waals surface area contributed by atoms with Crippen LogP contribution < -0.4 is 0 Å². The molecule has 0 aliphatic rings. The van der Waals surface area contributed by atoms with Gasteiger partial charge >= 0.3 is 0 Å². The predicted molar refractivity (Wildman–Crippen MR) is 48.5 cm³/mol. The van der Waals surface area contributed by atoms with Crippen molar-refractivity contribution < 1.29 is 8.78 Å². The molecule has 1 atom stereocenters. The fourth-order valence-corrected chi connectivity index (χ4v) is 1.19. The smallest absolute Gasteiger partial charge is 0.241 e. The van der Waals surface area contributed by atoms with E-state index in [2.05, 4.69) is 5.10 Å². The summed E-state index contributed by atoms with van der Waals surface area (Å²) in [6, 6.07) is 7.83. The Morgan fingerprint density at radius 2 is 1.86 bits per heavy atom. The van der Waals surface area contributed by atoms with Gasteiger partial charge in [0.15, 0.2) is 0 Å². The summed E-state index contributed by atoms with van der Waals surface area (Å²) in [5.74, 6) is 0. The summed E-state index contributed by atoms with van der Waals surface area (Å²) < 4.78 is 26.1. The molecule has 1 heterocycles. The quantitative estimate of drug-likeness (QED) is 0.717. The molecule has 0 amide bonds. The van der Waals surface area contributed by atoms with Gasteiger partial charge < -0.3 is 0 Å². The maximum Gasteiger partial charge on any atom is 0.263 e. The molecule has 2 aromatic rings. The van der Waals surface area contributed by atoms with Crippen molar-refractivity contribution in [2.45, 2.75) is 6.43 Å². The van der Waals surface area contributed by atoms with Gasteiger partial charge in [-0.3, -0.25) is 0 Å². The molecule has 72 valence electrons. The van der Waals surface area contributed by atoms with E-state index in [0.29, 0.717) is 0 Å². The Labute approximate surface area is 79.8 Å². The molecule has 0 aliphatic carbocycles. The van der Waals surface area contributed by atoms with Crippen molar-refractivity contribution in [2.24, 2.45) is 0 Å². The molecule has 0 aliphatic heterocycles. The number of rotatable bonds is 2. The van der Waals surface area contributed by atoms with Crippen LogP contribution in [0.2, 0.25) is 0 Å². The molecule has 0 bridgehead atoms. The van der Waals surface area contributed by atoms with E-state index in [1.54, 1.807) is 35.3 Å². The van der Waals surface area contributed by atoms with E-state index in [9.17, 15) is 8.78 Å². The van der Waals surface area contributed by atoms with Gasteiger partial charge in [0, 0.05) is 18.0 Å². The molecule has 0 radical (unpaired) electrons. The molecule has 1 aromatic carbocycles. The normalized spacial score (nSPS) is 12.7. The van der Waals surface area contributed by atoms with E-state index in [4.69, 9.17) is 0 Å². The van der Waals surface area contributed by atoms with Gasteiger partial charge in [-0.2, -0.15) is 5.10 Å². The Bertz CT molecular complexity index is 393. The topological polar surface area (TPSA) is 17.8 Å². The third kappa shape index (κ3) is 1.64. The third-order valence-electron chi connectivity index (χ3n) is 1.91. The van der Waals surface area contributed by atoms with Crippen LogP contribution in [-0.2, 0) is 0 Å². The highest BCUT2D eigenvalue weighted by atomic mass is 19.2. The van der Waals surface area contributed by atoms with Crippen molar-refractivity contribution in [3.63, 3.8) is 0 Å². The second-order valence-corrected chi connectivity index (χ2v) is 2.84. The average molecular weight is 193 g/mol. The van der Waals surface area contributed by atoms with Crippen molar-refractivity contribution in [1.29, 1.82) is 0 Å². The summed E-state index contributed by atoms with van der Waals surface area (Å²) in [5, 5.41) is 3.99. The number of alkyl halides is 2. The largest absolute Gasteiger partial charge is 0.263 e. The van der Waals surface area contributed by atoms with E-state index in [-0.39, 0.29) is 5.56 Å². The second kappa shape index (κ2) is 3.57. The lowest BCUT2D eigenvalue weighted by molar-refractivity contribution is 0.151. The van der Waals surface area contributed by atoms with Gasteiger partial charge in [-0.25, -0.2) is 13.5 Å². The highest BCUT2D eigenvalue weighted by Gasteiger charge is 2.05. The fourth-order valence-electron chi connectivity index (χ4n) is 1.19. The highest BCUT2D eigenvalue weighted by Crippen LogP contribution is 2.19. The van der Waals surface area contributed by atoms with Crippen LogP contribution in [-0.4, -0.2) is 9.78 Å². The number of aromatic nitrogens is 2. The van der Waals surface area contributed by atoms with Crippen molar-refractivity contribution >= 4 is 0 Å². The number of nitrogens with zero attached hydrogens (tertiary/aromatic N) is 2. The minimum absolute atomic E-state index is 0.0286. The first-order valence-corrected chi connectivity index (χ1v) is 4.15. The second-order valence-electron chi connectivity index (χ2n) is 2.84. The van der Waals surface area contributed by atoms with Crippen molar-refractivity contribution in [3.05, 3.63) is 48.3 Å². The van der Waals surface area contributed by atoms with Crippen LogP contribution in [0.5, 0.6) is 0 Å². The number of hydrogen-bond acceptors (Lipinski definition) is 1. The Kier molecular flexibility index (Phi) is 2.26. The molecule has 1 aromatic heterocycles. The lowest BCUT2D eigenvalue weighted by Crippen LogP contribution is -1.94. The van der Waals surface area contributed by atoms with Crippen LogP contribution >= 0.6 is 0 Å². The number of benzene rings is 1. The van der Waals surface area contributed by atoms with Gasteiger partial charge in [-0.15, -0.1) is 0 Å². The Hall–Kier alpha value is -1.71. The monoisotopic (exact) mass is 193 g/mol. The summed E-state index contributed by atoms with van der Waals surface area (Å²) in [5.41, 5.74) is 0.806. The third-order valence-corrected chi connectivity index (χ3v) is 1.91. The first-order valence-electron chi connectivity index (χ1n) is 4.15. The fraction of sp³-hybridized carbons (Fsp3) is 0.100. The van der Waals surface area contributed by atoms with Crippen molar-refractivity contribution in [3.8, 4) is 5.69 Å². The Balaban J connectivity index is 2.31. The lowest BCUT2D eigenvalue weighted by Gasteiger charge is -2.02. The molecule has 1 unspecified atom stereocenters. The first-order chi connectivity index (χ1) is 6.77. The van der Waals surface area contributed by atoms with Crippen LogP contribution in [0.3, 0.4) is 0 Å². The van der Waals surface area contributed by atoms with Crippen molar-refractivity contribution in [1.82, 2.24) is 9.78 Å². The predicted octanol–water partition coefficient (Wildman–Crippen LogP) is 2.81. The zero-order valence-corrected chi connectivity index (χ0v) is 7.27. The van der Waals surface area contributed by atoms with Crippen LogP contribution in [0.1, 0.15) is 12.0 Å². The van der Waals surface area contributed by atoms with E-state index >= 15 is 0 Å². The average Bonchev–Trinajstić information content (AvgIpc) is 2.71. The Morgan fingerprint density at radius 3 is 2.36 bits per heavy atom. The van der Waals surface area contributed by atoms with E-state index in [0.717, 1.165) is 5.69 Å². The molecule has 0 fully saturated rings. The summed E-state index contributed by atoms with van der Waals surface area (Å²) in [4.78, 5) is 0. The van der Waals surface area contributed by atoms with Crippen LogP contribution in [0, 0.1) is 0 Å². The summed E-state index contributed by atoms with van der Waals surface area (Å²) >= 11 is 0. The minimum atomic E-state index is -2.42. The maximum absolute atomic E-state index is 12.2. The van der Waals surface area contributed by atoms with Crippen LogP contribution in [0.25, 0.3) is 5.69 Å². The molecular formula is C10H8F2N2.